The minimum atomic E-state index is 0.817. The lowest BCUT2D eigenvalue weighted by molar-refractivity contribution is 0.256. The van der Waals surface area contributed by atoms with Gasteiger partial charge in [-0.05, 0) is 30.4 Å². The molecule has 4 heteroatoms. The third-order valence-corrected chi connectivity index (χ3v) is 4.35. The van der Waals surface area contributed by atoms with E-state index in [-0.39, 0.29) is 0 Å². The second-order valence-corrected chi connectivity index (χ2v) is 6.12. The topological polar surface area (TPSA) is 28.4 Å². The molecule has 2 heterocycles. The maximum Gasteiger partial charge on any atom is 0.0947 e. The molecule has 3 nitrogen and oxygen atoms in total. The first-order valence-electron chi connectivity index (χ1n) is 6.90. The molecule has 1 fully saturated rings. The maximum atomic E-state index is 5.06. The highest BCUT2D eigenvalue weighted by molar-refractivity contribution is 7.09. The minimum absolute atomic E-state index is 0.817. The Morgan fingerprint density at radius 2 is 2.32 bits per heavy atom. The van der Waals surface area contributed by atoms with Crippen LogP contribution in [0.3, 0.4) is 0 Å². The van der Waals surface area contributed by atoms with Gasteiger partial charge in [0.15, 0.2) is 0 Å². The monoisotopic (exact) mass is 276 g/mol. The van der Waals surface area contributed by atoms with E-state index in [1.54, 1.807) is 12.5 Å². The molecule has 3 rings (SSSR count). The van der Waals surface area contributed by atoms with Crippen LogP contribution in [-0.2, 0) is 13.1 Å². The van der Waals surface area contributed by atoms with Gasteiger partial charge in [-0.25, -0.2) is 0 Å². The average molecular weight is 276 g/mol. The Labute approximate surface area is 118 Å². The molecule has 0 bridgehead atoms. The standard InChI is InChI=1S/C15H20N2OS/c1-2-15(19-9-1)11-17(14-3-4-14)7-6-16-10-13-5-8-18-12-13/h1-2,5,8-9,12,14,16H,3-4,6-7,10-11H2. The Bertz CT molecular complexity index is 462. The molecule has 0 spiro atoms. The summed E-state index contributed by atoms with van der Waals surface area (Å²) in [5.74, 6) is 0. The lowest BCUT2D eigenvalue weighted by atomic mass is 10.3. The van der Waals surface area contributed by atoms with Crippen LogP contribution in [0.1, 0.15) is 23.3 Å². The fourth-order valence-electron chi connectivity index (χ4n) is 2.28. The highest BCUT2D eigenvalue weighted by Gasteiger charge is 2.28. The molecule has 1 saturated carbocycles. The zero-order chi connectivity index (χ0) is 12.9. The molecule has 0 radical (unpaired) electrons. The highest BCUT2D eigenvalue weighted by Crippen LogP contribution is 2.28. The number of rotatable bonds is 8. The van der Waals surface area contributed by atoms with Crippen LogP contribution >= 0.6 is 11.3 Å². The molecule has 1 aliphatic carbocycles. The molecule has 0 atom stereocenters. The van der Waals surface area contributed by atoms with Gasteiger partial charge in [0.2, 0.25) is 0 Å². The van der Waals surface area contributed by atoms with E-state index in [2.05, 4.69) is 27.7 Å². The molecule has 1 N–H and O–H groups in total. The SMILES string of the molecule is c1csc(CN(CCNCc2ccoc2)C2CC2)c1. The van der Waals surface area contributed by atoms with E-state index in [1.807, 2.05) is 17.4 Å². The smallest absolute Gasteiger partial charge is 0.0947 e. The first-order chi connectivity index (χ1) is 9.42. The summed E-state index contributed by atoms with van der Waals surface area (Å²) in [5, 5.41) is 5.65. The Balaban J connectivity index is 1.41. The zero-order valence-electron chi connectivity index (χ0n) is 11.0. The van der Waals surface area contributed by atoms with Crippen LogP contribution in [0.4, 0.5) is 0 Å². The normalized spacial score (nSPS) is 15.2. The number of nitrogens with zero attached hydrogens (tertiary/aromatic N) is 1. The first-order valence-corrected chi connectivity index (χ1v) is 7.78. The summed E-state index contributed by atoms with van der Waals surface area (Å²) in [7, 11) is 0. The molecule has 0 aromatic carbocycles. The van der Waals surface area contributed by atoms with Crippen LogP contribution in [0.15, 0.2) is 40.5 Å². The van der Waals surface area contributed by atoms with Crippen LogP contribution < -0.4 is 5.32 Å². The summed E-state index contributed by atoms with van der Waals surface area (Å²) in [5.41, 5.74) is 1.22. The number of hydrogen-bond donors (Lipinski definition) is 1. The van der Waals surface area contributed by atoms with E-state index in [0.717, 1.165) is 32.2 Å². The fourth-order valence-corrected chi connectivity index (χ4v) is 3.01. The van der Waals surface area contributed by atoms with Crippen molar-refractivity contribution in [1.29, 1.82) is 0 Å². The molecule has 0 aliphatic heterocycles. The van der Waals surface area contributed by atoms with Gasteiger partial charge in [0, 0.05) is 42.7 Å². The van der Waals surface area contributed by atoms with Crippen molar-refractivity contribution in [3.8, 4) is 0 Å². The molecule has 0 unspecified atom stereocenters. The van der Waals surface area contributed by atoms with E-state index in [1.165, 1.54) is 23.3 Å². The highest BCUT2D eigenvalue weighted by atomic mass is 32.1. The van der Waals surface area contributed by atoms with Crippen LogP contribution in [0.25, 0.3) is 0 Å². The van der Waals surface area contributed by atoms with E-state index >= 15 is 0 Å². The van der Waals surface area contributed by atoms with Crippen molar-refractivity contribution >= 4 is 11.3 Å². The molecular weight excluding hydrogens is 256 g/mol. The molecule has 2 aromatic rings. The second kappa shape index (κ2) is 6.37. The van der Waals surface area contributed by atoms with Gasteiger partial charge in [0.05, 0.1) is 12.5 Å². The summed E-state index contributed by atoms with van der Waals surface area (Å²) < 4.78 is 5.06. The Hall–Kier alpha value is -1.10. The number of hydrogen-bond acceptors (Lipinski definition) is 4. The van der Waals surface area contributed by atoms with E-state index in [4.69, 9.17) is 4.42 Å². The minimum Gasteiger partial charge on any atom is -0.472 e. The third kappa shape index (κ3) is 3.93. The molecule has 1 aliphatic rings. The van der Waals surface area contributed by atoms with Crippen molar-refractivity contribution in [2.75, 3.05) is 13.1 Å². The number of furan rings is 1. The largest absolute Gasteiger partial charge is 0.472 e. The van der Waals surface area contributed by atoms with Crippen molar-refractivity contribution in [3.05, 3.63) is 46.5 Å². The maximum absolute atomic E-state index is 5.06. The van der Waals surface area contributed by atoms with Gasteiger partial charge in [0.25, 0.3) is 0 Å². The van der Waals surface area contributed by atoms with Crippen molar-refractivity contribution in [2.45, 2.75) is 32.0 Å². The summed E-state index contributed by atoms with van der Waals surface area (Å²) >= 11 is 1.86. The molecule has 19 heavy (non-hydrogen) atoms. The quantitative estimate of drug-likeness (QED) is 0.751. The van der Waals surface area contributed by atoms with Crippen LogP contribution in [0.5, 0.6) is 0 Å². The molecule has 2 aromatic heterocycles. The number of nitrogens with one attached hydrogen (secondary N) is 1. The van der Waals surface area contributed by atoms with E-state index < -0.39 is 0 Å². The summed E-state index contributed by atoms with van der Waals surface area (Å²) in [6, 6.07) is 7.20. The van der Waals surface area contributed by atoms with Gasteiger partial charge in [-0.15, -0.1) is 11.3 Å². The number of thiophene rings is 1. The van der Waals surface area contributed by atoms with Crippen molar-refractivity contribution in [3.63, 3.8) is 0 Å². The van der Waals surface area contributed by atoms with Gasteiger partial charge < -0.3 is 9.73 Å². The lowest BCUT2D eigenvalue weighted by Crippen LogP contribution is -2.33. The predicted molar refractivity (Wildman–Crippen MR) is 78.2 cm³/mol. The zero-order valence-corrected chi connectivity index (χ0v) is 11.9. The van der Waals surface area contributed by atoms with Gasteiger partial charge in [-0.3, -0.25) is 4.90 Å². The molecule has 102 valence electrons. The van der Waals surface area contributed by atoms with Gasteiger partial charge in [0.1, 0.15) is 0 Å². The Morgan fingerprint density at radius 3 is 3.00 bits per heavy atom. The van der Waals surface area contributed by atoms with Crippen LogP contribution in [-0.4, -0.2) is 24.0 Å². The van der Waals surface area contributed by atoms with E-state index in [9.17, 15) is 0 Å². The Kier molecular flexibility index (Phi) is 4.33. The first kappa shape index (κ1) is 12.9. The van der Waals surface area contributed by atoms with Crippen molar-refractivity contribution in [1.82, 2.24) is 10.2 Å². The van der Waals surface area contributed by atoms with Crippen molar-refractivity contribution < 1.29 is 4.42 Å². The van der Waals surface area contributed by atoms with Crippen LogP contribution in [0.2, 0.25) is 0 Å². The summed E-state index contributed by atoms with van der Waals surface area (Å²) in [4.78, 5) is 4.08. The molecule has 0 amide bonds. The van der Waals surface area contributed by atoms with Gasteiger partial charge in [-0.2, -0.15) is 0 Å². The second-order valence-electron chi connectivity index (χ2n) is 5.09. The predicted octanol–water partition coefficient (Wildman–Crippen LogP) is 3.10. The van der Waals surface area contributed by atoms with Crippen LogP contribution in [0, 0.1) is 0 Å². The molecule has 0 saturated heterocycles. The summed E-state index contributed by atoms with van der Waals surface area (Å²) in [6.07, 6.45) is 6.27. The fraction of sp³-hybridized carbons (Fsp3) is 0.467. The van der Waals surface area contributed by atoms with E-state index in [0.29, 0.717) is 0 Å². The summed E-state index contributed by atoms with van der Waals surface area (Å²) in [6.45, 7) is 4.16. The lowest BCUT2D eigenvalue weighted by Gasteiger charge is -2.21. The van der Waals surface area contributed by atoms with Gasteiger partial charge >= 0.3 is 0 Å². The third-order valence-electron chi connectivity index (χ3n) is 3.49. The average Bonchev–Trinajstić information content (AvgIpc) is 2.92. The van der Waals surface area contributed by atoms with Crippen molar-refractivity contribution in [2.24, 2.45) is 0 Å². The Morgan fingerprint density at radius 1 is 1.37 bits per heavy atom. The molecular formula is C15H20N2OS. The van der Waals surface area contributed by atoms with Gasteiger partial charge in [-0.1, -0.05) is 6.07 Å².